The molecule has 2 N–H and O–H groups in total. The molecular weight excluding hydrogens is 456 g/mol. The third-order valence-electron chi connectivity index (χ3n) is 4.32. The van der Waals surface area contributed by atoms with Gasteiger partial charge >= 0.3 is 6.03 Å². The molecule has 1 aromatic heterocycles. The highest BCUT2D eigenvalue weighted by Gasteiger charge is 2.13. The van der Waals surface area contributed by atoms with Crippen molar-refractivity contribution in [2.24, 2.45) is 0 Å². The average Bonchev–Trinajstić information content (AvgIpc) is 2.82. The van der Waals surface area contributed by atoms with Crippen molar-refractivity contribution in [1.82, 2.24) is 4.98 Å². The molecule has 0 radical (unpaired) electrons. The molecule has 7 nitrogen and oxygen atoms in total. The van der Waals surface area contributed by atoms with Crippen LogP contribution in [0.1, 0.15) is 0 Å². The number of rotatable bonds is 7. The van der Waals surface area contributed by atoms with E-state index in [1.807, 2.05) is 66.7 Å². The molecule has 0 saturated heterocycles. The smallest absolute Gasteiger partial charge is 0.307 e. The van der Waals surface area contributed by atoms with Crippen molar-refractivity contribution in [1.29, 1.82) is 0 Å². The molecule has 0 bridgehead atoms. The average molecular weight is 475 g/mol. The van der Waals surface area contributed by atoms with Gasteiger partial charge in [0.2, 0.25) is 0 Å². The number of anilines is 2. The first-order valence-electron chi connectivity index (χ1n) is 9.86. The van der Waals surface area contributed by atoms with Gasteiger partial charge in [0, 0.05) is 27.6 Å². The van der Waals surface area contributed by atoms with Crippen molar-refractivity contribution in [3.8, 4) is 0 Å². The van der Waals surface area contributed by atoms with Crippen molar-refractivity contribution in [2.75, 3.05) is 10.6 Å². The molecule has 2 amide bonds. The van der Waals surface area contributed by atoms with E-state index in [2.05, 4.69) is 10.6 Å². The van der Waals surface area contributed by atoms with E-state index < -0.39 is 11.0 Å². The largest absolute Gasteiger partial charge is 0.323 e. The van der Waals surface area contributed by atoms with Crippen LogP contribution in [0.4, 0.5) is 21.9 Å². The number of aromatic nitrogens is 1. The van der Waals surface area contributed by atoms with E-state index in [0.717, 1.165) is 14.8 Å². The van der Waals surface area contributed by atoms with E-state index >= 15 is 0 Å². The summed E-state index contributed by atoms with van der Waals surface area (Å²) in [5.41, 5.74) is 0.754. The normalized spacial score (nSPS) is 10.4. The van der Waals surface area contributed by atoms with Gasteiger partial charge in [0.25, 0.3) is 5.69 Å². The maximum atomic E-state index is 12.6. The summed E-state index contributed by atoms with van der Waals surface area (Å²) < 4.78 is 0. The van der Waals surface area contributed by atoms with Crippen LogP contribution in [0, 0.1) is 10.1 Å². The van der Waals surface area contributed by atoms with Crippen molar-refractivity contribution >= 4 is 46.6 Å². The van der Waals surface area contributed by atoms with Crippen LogP contribution in [-0.2, 0) is 0 Å². The predicted molar refractivity (Wildman–Crippen MR) is 131 cm³/mol. The molecule has 33 heavy (non-hydrogen) atoms. The minimum Gasteiger partial charge on any atom is -0.307 e. The number of nitro benzene ring substituents is 1. The van der Waals surface area contributed by atoms with Crippen LogP contribution >= 0.6 is 23.5 Å². The van der Waals surface area contributed by atoms with E-state index in [1.54, 1.807) is 12.1 Å². The van der Waals surface area contributed by atoms with Crippen molar-refractivity contribution in [3.63, 3.8) is 0 Å². The fraction of sp³-hybridized carbons (Fsp3) is 0. The SMILES string of the molecule is O=C(Nc1cccc([N+](=O)[O-])c1)Nc1ccc(Sc2ccccc2)nc1Sc1ccccc1. The molecule has 0 fully saturated rings. The number of hydrogen-bond donors (Lipinski definition) is 2. The van der Waals surface area contributed by atoms with Gasteiger partial charge in [-0.15, -0.1) is 0 Å². The maximum Gasteiger partial charge on any atom is 0.323 e. The Labute approximate surface area is 198 Å². The van der Waals surface area contributed by atoms with Crippen LogP contribution in [0.15, 0.2) is 117 Å². The standard InChI is InChI=1S/C24H18N4O3S2/c29-24(25-17-8-7-9-18(16-17)28(30)31)26-21-14-15-22(32-19-10-3-1-4-11-19)27-23(21)33-20-12-5-2-6-13-20/h1-16H,(H2,25,26,29). The van der Waals surface area contributed by atoms with Crippen molar-refractivity contribution < 1.29 is 9.72 Å². The maximum absolute atomic E-state index is 12.6. The Morgan fingerprint density at radius 3 is 2.12 bits per heavy atom. The lowest BCUT2D eigenvalue weighted by Crippen LogP contribution is -2.20. The molecular formula is C24H18N4O3S2. The Morgan fingerprint density at radius 1 is 0.788 bits per heavy atom. The molecule has 0 aliphatic carbocycles. The minimum absolute atomic E-state index is 0.0999. The van der Waals surface area contributed by atoms with E-state index in [-0.39, 0.29) is 5.69 Å². The van der Waals surface area contributed by atoms with Crippen LogP contribution in [0.5, 0.6) is 0 Å². The van der Waals surface area contributed by atoms with Gasteiger partial charge in [-0.25, -0.2) is 9.78 Å². The molecule has 0 aliphatic rings. The van der Waals surface area contributed by atoms with Crippen LogP contribution in [0.2, 0.25) is 0 Å². The van der Waals surface area contributed by atoms with Crippen LogP contribution in [-0.4, -0.2) is 15.9 Å². The Hall–Kier alpha value is -3.82. The molecule has 0 spiro atoms. The number of amides is 2. The van der Waals surface area contributed by atoms with Gasteiger partial charge in [0.05, 0.1) is 10.6 Å². The quantitative estimate of drug-likeness (QED) is 0.222. The molecule has 0 aliphatic heterocycles. The topological polar surface area (TPSA) is 97.2 Å². The first-order chi connectivity index (χ1) is 16.1. The molecule has 3 aromatic carbocycles. The third-order valence-corrected chi connectivity index (χ3v) is 6.28. The van der Waals surface area contributed by atoms with Crippen LogP contribution in [0.25, 0.3) is 0 Å². The summed E-state index contributed by atoms with van der Waals surface area (Å²) in [5, 5.41) is 17.8. The second-order valence-electron chi connectivity index (χ2n) is 6.72. The molecule has 0 atom stereocenters. The monoisotopic (exact) mass is 474 g/mol. The van der Waals surface area contributed by atoms with E-state index in [1.165, 1.54) is 41.7 Å². The van der Waals surface area contributed by atoms with Gasteiger partial charge in [0.1, 0.15) is 10.1 Å². The zero-order chi connectivity index (χ0) is 23.0. The Kier molecular flexibility index (Phi) is 7.23. The Balaban J connectivity index is 1.56. The van der Waals surface area contributed by atoms with Crippen LogP contribution < -0.4 is 10.6 Å². The van der Waals surface area contributed by atoms with E-state index in [9.17, 15) is 14.9 Å². The number of carbonyl (C=O) groups excluding carboxylic acids is 1. The first-order valence-corrected chi connectivity index (χ1v) is 11.5. The number of pyridine rings is 1. The number of non-ortho nitro benzene ring substituents is 1. The number of hydrogen-bond acceptors (Lipinski definition) is 6. The zero-order valence-electron chi connectivity index (χ0n) is 17.2. The molecule has 1 heterocycles. The van der Waals surface area contributed by atoms with Gasteiger partial charge in [-0.2, -0.15) is 0 Å². The lowest BCUT2D eigenvalue weighted by Gasteiger charge is -2.13. The highest BCUT2D eigenvalue weighted by molar-refractivity contribution is 8.00. The summed E-state index contributed by atoms with van der Waals surface area (Å²) in [6, 6.07) is 28.6. The Morgan fingerprint density at radius 2 is 1.45 bits per heavy atom. The second-order valence-corrected chi connectivity index (χ2v) is 8.88. The fourth-order valence-electron chi connectivity index (χ4n) is 2.84. The molecule has 9 heteroatoms. The van der Waals surface area contributed by atoms with Crippen molar-refractivity contribution in [2.45, 2.75) is 19.8 Å². The second kappa shape index (κ2) is 10.7. The van der Waals surface area contributed by atoms with Gasteiger partial charge in [-0.05, 0) is 42.5 Å². The number of urea groups is 1. The van der Waals surface area contributed by atoms with Crippen LogP contribution in [0.3, 0.4) is 0 Å². The molecule has 4 rings (SSSR count). The minimum atomic E-state index is -0.518. The molecule has 4 aromatic rings. The van der Waals surface area contributed by atoms with Gasteiger partial charge < -0.3 is 10.6 Å². The number of nitro groups is 1. The number of nitrogens with one attached hydrogen (secondary N) is 2. The van der Waals surface area contributed by atoms with Gasteiger partial charge in [-0.1, -0.05) is 66.0 Å². The number of nitrogens with zero attached hydrogens (tertiary/aromatic N) is 2. The fourth-order valence-corrected chi connectivity index (χ4v) is 4.60. The van der Waals surface area contributed by atoms with E-state index in [0.29, 0.717) is 16.4 Å². The molecule has 0 saturated carbocycles. The number of carbonyl (C=O) groups is 1. The highest BCUT2D eigenvalue weighted by atomic mass is 32.2. The molecule has 164 valence electrons. The summed E-state index contributed by atoms with van der Waals surface area (Å²) in [7, 11) is 0. The summed E-state index contributed by atoms with van der Waals surface area (Å²) in [6.07, 6.45) is 0. The highest BCUT2D eigenvalue weighted by Crippen LogP contribution is 2.35. The summed E-state index contributed by atoms with van der Waals surface area (Å²) in [5.74, 6) is 0. The molecule has 0 unspecified atom stereocenters. The summed E-state index contributed by atoms with van der Waals surface area (Å²) >= 11 is 2.97. The summed E-state index contributed by atoms with van der Waals surface area (Å²) in [6.45, 7) is 0. The number of benzene rings is 3. The van der Waals surface area contributed by atoms with E-state index in [4.69, 9.17) is 4.98 Å². The zero-order valence-corrected chi connectivity index (χ0v) is 18.8. The first kappa shape index (κ1) is 22.4. The summed E-state index contributed by atoms with van der Waals surface area (Å²) in [4.78, 5) is 29.9. The van der Waals surface area contributed by atoms with Gasteiger partial charge in [0.15, 0.2) is 0 Å². The van der Waals surface area contributed by atoms with Crippen molar-refractivity contribution in [3.05, 3.63) is 107 Å². The Bertz CT molecular complexity index is 1270. The lowest BCUT2D eigenvalue weighted by atomic mass is 10.3. The van der Waals surface area contributed by atoms with Gasteiger partial charge in [-0.3, -0.25) is 10.1 Å². The lowest BCUT2D eigenvalue weighted by molar-refractivity contribution is -0.384. The third kappa shape index (κ3) is 6.34. The predicted octanol–water partition coefficient (Wildman–Crippen LogP) is 6.94.